The normalized spacial score (nSPS) is 16.2. The Labute approximate surface area is 447 Å². The van der Waals surface area contributed by atoms with Crippen molar-refractivity contribution in [2.45, 2.75) is 25.9 Å². The molecule has 78 heavy (non-hydrogen) atoms. The Morgan fingerprint density at radius 2 is 0.910 bits per heavy atom. The molecule has 0 spiro atoms. The van der Waals surface area contributed by atoms with E-state index in [0.29, 0.717) is 98.6 Å². The smallest absolute Gasteiger partial charge is 0.298 e. The molecule has 4 aliphatic rings. The van der Waals surface area contributed by atoms with Crippen LogP contribution < -0.4 is 39.7 Å². The van der Waals surface area contributed by atoms with E-state index in [0.717, 1.165) is 45.0 Å². The van der Waals surface area contributed by atoms with Gasteiger partial charge in [0, 0.05) is 99.4 Å². The fourth-order valence-electron chi connectivity index (χ4n) is 10.5. The zero-order chi connectivity index (χ0) is 54.2. The summed E-state index contributed by atoms with van der Waals surface area (Å²) in [6.45, 7) is 8.72. The first-order valence-electron chi connectivity index (χ1n) is 25.4. The molecule has 4 aliphatic heterocycles. The van der Waals surface area contributed by atoms with E-state index in [9.17, 15) is 28.0 Å². The number of aromatic nitrogens is 6. The van der Waals surface area contributed by atoms with E-state index in [1.807, 2.05) is 109 Å². The number of hydrogen-bond donors (Lipinski definition) is 2. The van der Waals surface area contributed by atoms with E-state index in [2.05, 4.69) is 40.4 Å². The molecule has 0 unspecified atom stereocenters. The zero-order valence-electron chi connectivity index (χ0n) is 43.2. The minimum atomic E-state index is -0.713. The third kappa shape index (κ3) is 10.1. The summed E-state index contributed by atoms with van der Waals surface area (Å²) in [4.78, 5) is 77.7. The maximum absolute atomic E-state index is 13.3. The van der Waals surface area contributed by atoms with E-state index in [-0.39, 0.29) is 12.1 Å². The highest BCUT2D eigenvalue weighted by molar-refractivity contribution is 6.48. The standard InChI is InChI=1S/2C29H27FN6O3/c2*1-18-12-23(19-6-4-3-5-7-19)26(34(18)2)27(37)28(38)33-21-8-9-24-25(13-21)39-17-22-16-35(10-11-36(22)24)29-31-14-20(30)15-32-29/h2*3-9,12-15,22H,10-11,16-17H2,1-2H3,(H,33,38)/t2*22-/m10/s1. The third-order valence-electron chi connectivity index (χ3n) is 14.6. The topological polar surface area (TPSA) is 185 Å². The van der Waals surface area contributed by atoms with Gasteiger partial charge in [0.2, 0.25) is 11.9 Å². The SMILES string of the molecule is Cc1cc(-c2ccccc2)c(C(=O)C(=O)Nc2ccc3c(c2)OC[C@@H]2CN(c4ncc(F)cn4)CCN32)n1C.Cc1cc(-c2ccccc2)c(C(=O)C(=O)Nc2ccc3c(c2)OC[C@H]2CN(c4ncc(F)cn4)CCN32)n1C. The van der Waals surface area contributed by atoms with Crippen molar-refractivity contribution < 1.29 is 37.4 Å². The Balaban J connectivity index is 0.000000165. The van der Waals surface area contributed by atoms with E-state index in [1.165, 1.54) is 24.8 Å². The predicted molar refractivity (Wildman–Crippen MR) is 292 cm³/mol. The van der Waals surface area contributed by atoms with Gasteiger partial charge in [0.15, 0.2) is 11.6 Å². The molecule has 4 aromatic heterocycles. The molecule has 0 bridgehead atoms. The molecule has 2 atom stereocenters. The van der Waals surface area contributed by atoms with Gasteiger partial charge < -0.3 is 48.8 Å². The molecule has 0 saturated carbocycles. The Bertz CT molecular complexity index is 3340. The molecule has 4 aromatic carbocycles. The Kier molecular flexibility index (Phi) is 13.8. The first-order valence-corrected chi connectivity index (χ1v) is 25.4. The van der Waals surface area contributed by atoms with Gasteiger partial charge in [0.25, 0.3) is 23.4 Å². The predicted octanol–water partition coefficient (Wildman–Crippen LogP) is 7.68. The van der Waals surface area contributed by atoms with Crippen molar-refractivity contribution >= 4 is 58.0 Å². The molecule has 396 valence electrons. The number of ether oxygens (including phenoxy) is 2. The largest absolute Gasteiger partial charge is 0.489 e. The second-order valence-electron chi connectivity index (χ2n) is 19.5. The minimum Gasteiger partial charge on any atom is -0.489 e. The number of piperazine rings is 2. The van der Waals surface area contributed by atoms with Gasteiger partial charge in [-0.05, 0) is 61.4 Å². The van der Waals surface area contributed by atoms with E-state index >= 15 is 0 Å². The third-order valence-corrected chi connectivity index (χ3v) is 14.6. The van der Waals surface area contributed by atoms with Crippen LogP contribution in [-0.2, 0) is 23.7 Å². The number of Topliss-reactive ketones (excluding diaryl/α,β-unsaturated/α-hetero) is 2. The summed E-state index contributed by atoms with van der Waals surface area (Å²) in [7, 11) is 3.57. The Morgan fingerprint density at radius 1 is 0.526 bits per heavy atom. The summed E-state index contributed by atoms with van der Waals surface area (Å²) < 4.78 is 42.0. The molecule has 2 N–H and O–H groups in total. The molecule has 8 heterocycles. The van der Waals surface area contributed by atoms with E-state index < -0.39 is 35.0 Å². The number of carbonyl (C=O) groups excluding carboxylic acids is 4. The van der Waals surface area contributed by atoms with E-state index in [1.54, 1.807) is 47.5 Å². The highest BCUT2D eigenvalue weighted by atomic mass is 19.1. The Hall–Kier alpha value is -9.46. The molecule has 8 aromatic rings. The van der Waals surface area contributed by atoms with Crippen LogP contribution in [-0.4, -0.2) is 117 Å². The first-order chi connectivity index (χ1) is 37.8. The monoisotopic (exact) mass is 1050 g/mol. The van der Waals surface area contributed by atoms with Gasteiger partial charge in [-0.15, -0.1) is 0 Å². The van der Waals surface area contributed by atoms with E-state index in [4.69, 9.17) is 9.47 Å². The number of nitrogens with one attached hydrogen (secondary N) is 2. The minimum absolute atomic E-state index is 0.0684. The lowest BCUT2D eigenvalue weighted by molar-refractivity contribution is -0.113. The van der Waals surface area contributed by atoms with Crippen LogP contribution in [0.1, 0.15) is 32.4 Å². The number of halogens is 2. The molecule has 2 fully saturated rings. The number of ketones is 2. The maximum Gasteiger partial charge on any atom is 0.298 e. The van der Waals surface area contributed by atoms with Crippen LogP contribution in [0.25, 0.3) is 22.3 Å². The van der Waals surface area contributed by atoms with Gasteiger partial charge in [-0.25, -0.2) is 28.7 Å². The lowest BCUT2D eigenvalue weighted by Gasteiger charge is -2.45. The summed E-state index contributed by atoms with van der Waals surface area (Å²) in [5.74, 6) is -1.30. The molecule has 12 rings (SSSR count). The van der Waals surface area contributed by atoms with Crippen LogP contribution in [0.4, 0.5) is 43.4 Å². The van der Waals surface area contributed by atoms with Crippen LogP contribution in [0.15, 0.2) is 134 Å². The summed E-state index contributed by atoms with van der Waals surface area (Å²) in [6.07, 6.45) is 4.68. The average Bonchev–Trinajstić information content (AvgIpc) is 3.95. The zero-order valence-corrected chi connectivity index (χ0v) is 43.2. The number of aryl methyl sites for hydroxylation is 2. The van der Waals surface area contributed by atoms with Gasteiger partial charge >= 0.3 is 0 Å². The molecular formula is C58H54F2N12O6. The molecule has 2 amide bonds. The lowest BCUT2D eigenvalue weighted by Crippen LogP contribution is -2.57. The highest BCUT2D eigenvalue weighted by Gasteiger charge is 2.36. The number of rotatable bonds is 10. The first kappa shape index (κ1) is 50.7. The molecule has 0 aliphatic carbocycles. The van der Waals surface area contributed by atoms with Crippen molar-refractivity contribution in [1.82, 2.24) is 29.1 Å². The highest BCUT2D eigenvalue weighted by Crippen LogP contribution is 2.40. The summed E-state index contributed by atoms with van der Waals surface area (Å²) in [5, 5.41) is 5.51. The number of hydrogen-bond acceptors (Lipinski definition) is 14. The molecular weight excluding hydrogens is 999 g/mol. The quantitative estimate of drug-likeness (QED) is 0.100. The van der Waals surface area contributed by atoms with Crippen LogP contribution >= 0.6 is 0 Å². The number of carbonyl (C=O) groups is 4. The average molecular weight is 1050 g/mol. The number of fused-ring (bicyclic) bond motifs is 6. The van der Waals surface area contributed by atoms with Crippen molar-refractivity contribution in [3.05, 3.63) is 168 Å². The fourth-order valence-corrected chi connectivity index (χ4v) is 10.5. The van der Waals surface area contributed by atoms with Crippen LogP contribution in [0.2, 0.25) is 0 Å². The van der Waals surface area contributed by atoms with Crippen molar-refractivity contribution in [3.63, 3.8) is 0 Å². The second-order valence-corrected chi connectivity index (χ2v) is 19.5. The molecule has 18 nitrogen and oxygen atoms in total. The fraction of sp³-hybridized carbons (Fsp3) is 0.241. The van der Waals surface area contributed by atoms with Gasteiger partial charge in [-0.2, -0.15) is 0 Å². The summed E-state index contributed by atoms with van der Waals surface area (Å²) >= 11 is 0. The van der Waals surface area contributed by atoms with Gasteiger partial charge in [0.05, 0.1) is 48.2 Å². The number of amides is 2. The van der Waals surface area contributed by atoms with Crippen molar-refractivity contribution in [2.24, 2.45) is 14.1 Å². The Morgan fingerprint density at radius 3 is 1.29 bits per heavy atom. The van der Waals surface area contributed by atoms with Crippen LogP contribution in [0, 0.1) is 25.5 Å². The second kappa shape index (κ2) is 21.3. The lowest BCUT2D eigenvalue weighted by atomic mass is 10.0. The number of nitrogens with zero attached hydrogens (tertiary/aromatic N) is 10. The summed E-state index contributed by atoms with van der Waals surface area (Å²) in [6, 6.07) is 33.9. The van der Waals surface area contributed by atoms with Gasteiger partial charge in [-0.1, -0.05) is 60.7 Å². The van der Waals surface area contributed by atoms with Crippen LogP contribution in [0.5, 0.6) is 11.5 Å². The summed E-state index contributed by atoms with van der Waals surface area (Å²) in [5.41, 5.74) is 8.45. The van der Waals surface area contributed by atoms with Crippen molar-refractivity contribution in [2.75, 3.05) is 82.7 Å². The molecule has 20 heteroatoms. The van der Waals surface area contributed by atoms with Crippen molar-refractivity contribution in [3.8, 4) is 33.8 Å². The molecule has 2 saturated heterocycles. The molecule has 0 radical (unpaired) electrons. The number of anilines is 6. The van der Waals surface area contributed by atoms with Crippen molar-refractivity contribution in [1.29, 1.82) is 0 Å². The van der Waals surface area contributed by atoms with Gasteiger partial charge in [-0.3, -0.25) is 19.2 Å². The van der Waals surface area contributed by atoms with Gasteiger partial charge in [0.1, 0.15) is 36.1 Å². The van der Waals surface area contributed by atoms with Crippen LogP contribution in [0.3, 0.4) is 0 Å². The maximum atomic E-state index is 13.3. The number of benzene rings is 4.